The first kappa shape index (κ1) is 14.4. The van der Waals surface area contributed by atoms with E-state index in [1.807, 2.05) is 26.1 Å². The Labute approximate surface area is 123 Å². The molecule has 3 unspecified atom stereocenters. The highest BCUT2D eigenvalue weighted by molar-refractivity contribution is 5.74. The quantitative estimate of drug-likeness (QED) is 0.939. The number of fused-ring (bicyclic) bond motifs is 1. The van der Waals surface area contributed by atoms with Crippen LogP contribution in [0.2, 0.25) is 0 Å². The van der Waals surface area contributed by atoms with E-state index in [9.17, 15) is 4.79 Å². The lowest BCUT2D eigenvalue weighted by atomic mass is 9.99. The molecule has 0 bridgehead atoms. The van der Waals surface area contributed by atoms with Crippen molar-refractivity contribution in [1.82, 2.24) is 9.88 Å². The number of hydrogen-bond acceptors (Lipinski definition) is 4. The summed E-state index contributed by atoms with van der Waals surface area (Å²) in [5.74, 6) is -0.295. The van der Waals surface area contributed by atoms with Crippen LogP contribution in [0.5, 0.6) is 0 Å². The molecule has 1 saturated heterocycles. The SMILES string of the molecule is CCn1c(=O)oc2cc(C(NC)C3CCC(C)O3)ccc21. The monoisotopic (exact) mass is 290 g/mol. The number of aromatic nitrogens is 1. The van der Waals surface area contributed by atoms with Crippen LogP contribution < -0.4 is 11.1 Å². The molecule has 2 aromatic rings. The fourth-order valence-electron chi connectivity index (χ4n) is 3.22. The molecular weight excluding hydrogens is 268 g/mol. The van der Waals surface area contributed by atoms with Gasteiger partial charge in [0.2, 0.25) is 0 Å². The predicted molar refractivity (Wildman–Crippen MR) is 81.5 cm³/mol. The zero-order chi connectivity index (χ0) is 15.0. The lowest BCUT2D eigenvalue weighted by Gasteiger charge is -2.23. The van der Waals surface area contributed by atoms with Crippen molar-refractivity contribution >= 4 is 11.1 Å². The highest BCUT2D eigenvalue weighted by atomic mass is 16.5. The van der Waals surface area contributed by atoms with Crippen molar-refractivity contribution < 1.29 is 9.15 Å². The number of benzene rings is 1. The highest BCUT2D eigenvalue weighted by Gasteiger charge is 2.30. The molecular formula is C16H22N2O3. The Balaban J connectivity index is 1.97. The van der Waals surface area contributed by atoms with E-state index >= 15 is 0 Å². The summed E-state index contributed by atoms with van der Waals surface area (Å²) in [5.41, 5.74) is 2.59. The van der Waals surface area contributed by atoms with E-state index in [2.05, 4.69) is 18.3 Å². The zero-order valence-electron chi connectivity index (χ0n) is 12.8. The van der Waals surface area contributed by atoms with Crippen molar-refractivity contribution in [2.75, 3.05) is 7.05 Å². The third-order valence-corrected chi connectivity index (χ3v) is 4.32. The van der Waals surface area contributed by atoms with E-state index in [1.54, 1.807) is 4.57 Å². The number of aryl methyl sites for hydroxylation is 1. The van der Waals surface area contributed by atoms with Gasteiger partial charge in [0, 0.05) is 6.54 Å². The molecule has 1 fully saturated rings. The Morgan fingerprint density at radius 1 is 1.43 bits per heavy atom. The number of oxazole rings is 1. The standard InChI is InChI=1S/C16H22N2O3/c1-4-18-12-7-6-11(9-14(12)21-16(18)19)15(17-3)13-8-5-10(2)20-13/h6-7,9-10,13,15,17H,4-5,8H2,1-3H3. The number of likely N-dealkylation sites (N-methyl/N-ethyl adjacent to an activating group) is 1. The molecule has 3 atom stereocenters. The van der Waals surface area contributed by atoms with Crippen molar-refractivity contribution in [2.45, 2.75) is 51.5 Å². The maximum absolute atomic E-state index is 11.8. The van der Waals surface area contributed by atoms with Crippen LogP contribution in [0.4, 0.5) is 0 Å². The van der Waals surface area contributed by atoms with Crippen LogP contribution >= 0.6 is 0 Å². The molecule has 0 radical (unpaired) electrons. The van der Waals surface area contributed by atoms with Gasteiger partial charge in [0.25, 0.3) is 0 Å². The minimum Gasteiger partial charge on any atom is -0.408 e. The molecule has 0 aliphatic carbocycles. The summed E-state index contributed by atoms with van der Waals surface area (Å²) >= 11 is 0. The second-order valence-corrected chi connectivity index (χ2v) is 5.67. The maximum atomic E-state index is 11.8. The molecule has 2 heterocycles. The molecule has 1 aliphatic heterocycles. The second-order valence-electron chi connectivity index (χ2n) is 5.67. The van der Waals surface area contributed by atoms with E-state index in [1.165, 1.54) is 0 Å². The smallest absolute Gasteiger partial charge is 0.408 e. The average Bonchev–Trinajstić information content (AvgIpc) is 3.02. The predicted octanol–water partition coefficient (Wildman–Crippen LogP) is 2.44. The molecule has 1 aromatic carbocycles. The van der Waals surface area contributed by atoms with Gasteiger partial charge in [0.1, 0.15) is 0 Å². The Morgan fingerprint density at radius 3 is 2.86 bits per heavy atom. The fraction of sp³-hybridized carbons (Fsp3) is 0.562. The van der Waals surface area contributed by atoms with Crippen LogP contribution in [0.3, 0.4) is 0 Å². The Morgan fingerprint density at radius 2 is 2.24 bits per heavy atom. The number of nitrogens with zero attached hydrogens (tertiary/aromatic N) is 1. The minimum absolute atomic E-state index is 0.120. The molecule has 1 aromatic heterocycles. The van der Waals surface area contributed by atoms with Gasteiger partial charge in [-0.05, 0) is 51.4 Å². The summed E-state index contributed by atoms with van der Waals surface area (Å²) in [5, 5.41) is 3.33. The van der Waals surface area contributed by atoms with Crippen molar-refractivity contribution in [1.29, 1.82) is 0 Å². The van der Waals surface area contributed by atoms with Gasteiger partial charge in [-0.2, -0.15) is 0 Å². The van der Waals surface area contributed by atoms with Crippen molar-refractivity contribution in [3.8, 4) is 0 Å². The van der Waals surface area contributed by atoms with E-state index < -0.39 is 0 Å². The summed E-state index contributed by atoms with van der Waals surface area (Å²) in [4.78, 5) is 11.8. The van der Waals surface area contributed by atoms with Gasteiger partial charge in [-0.15, -0.1) is 0 Å². The number of hydrogen-bond donors (Lipinski definition) is 1. The van der Waals surface area contributed by atoms with Gasteiger partial charge in [-0.25, -0.2) is 4.79 Å². The third-order valence-electron chi connectivity index (χ3n) is 4.32. The lowest BCUT2D eigenvalue weighted by Crippen LogP contribution is -2.29. The van der Waals surface area contributed by atoms with Gasteiger partial charge in [0.15, 0.2) is 5.58 Å². The van der Waals surface area contributed by atoms with Gasteiger partial charge in [-0.1, -0.05) is 6.07 Å². The van der Waals surface area contributed by atoms with Gasteiger partial charge < -0.3 is 14.5 Å². The molecule has 3 rings (SSSR count). The molecule has 0 amide bonds. The van der Waals surface area contributed by atoms with Crippen LogP contribution in [0.1, 0.15) is 38.3 Å². The number of rotatable bonds is 4. The molecule has 1 aliphatic rings. The van der Waals surface area contributed by atoms with E-state index in [-0.39, 0.29) is 17.9 Å². The normalized spacial score (nSPS) is 23.8. The molecule has 5 nitrogen and oxygen atoms in total. The Bertz CT molecular complexity index is 688. The Kier molecular flexibility index (Phi) is 3.87. The van der Waals surface area contributed by atoms with Gasteiger partial charge >= 0.3 is 5.76 Å². The molecule has 114 valence electrons. The summed E-state index contributed by atoms with van der Waals surface area (Å²) in [6.07, 6.45) is 2.62. The average molecular weight is 290 g/mol. The minimum atomic E-state index is -0.295. The highest BCUT2D eigenvalue weighted by Crippen LogP contribution is 2.31. The van der Waals surface area contributed by atoms with E-state index in [0.29, 0.717) is 18.2 Å². The van der Waals surface area contributed by atoms with Crippen molar-refractivity contribution in [3.05, 3.63) is 34.3 Å². The largest absolute Gasteiger partial charge is 0.419 e. The second kappa shape index (κ2) is 5.66. The van der Waals surface area contributed by atoms with Crippen LogP contribution in [-0.4, -0.2) is 23.8 Å². The van der Waals surface area contributed by atoms with E-state index in [0.717, 1.165) is 23.9 Å². The van der Waals surface area contributed by atoms with Crippen LogP contribution in [0.25, 0.3) is 11.1 Å². The fourth-order valence-corrected chi connectivity index (χ4v) is 3.22. The first-order valence-corrected chi connectivity index (χ1v) is 7.60. The number of nitrogens with one attached hydrogen (secondary N) is 1. The van der Waals surface area contributed by atoms with Crippen molar-refractivity contribution in [2.24, 2.45) is 0 Å². The number of ether oxygens (including phenoxy) is 1. The lowest BCUT2D eigenvalue weighted by molar-refractivity contribution is 0.0333. The summed E-state index contributed by atoms with van der Waals surface area (Å²) in [6, 6.07) is 6.09. The molecule has 1 N–H and O–H groups in total. The topological polar surface area (TPSA) is 56.4 Å². The summed E-state index contributed by atoms with van der Waals surface area (Å²) in [7, 11) is 1.94. The van der Waals surface area contributed by atoms with E-state index in [4.69, 9.17) is 9.15 Å². The molecule has 0 spiro atoms. The van der Waals surface area contributed by atoms with Gasteiger partial charge in [0.05, 0.1) is 23.8 Å². The van der Waals surface area contributed by atoms with Crippen molar-refractivity contribution in [3.63, 3.8) is 0 Å². The van der Waals surface area contributed by atoms with Crippen LogP contribution in [0, 0.1) is 0 Å². The molecule has 5 heteroatoms. The Hall–Kier alpha value is -1.59. The summed E-state index contributed by atoms with van der Waals surface area (Å²) in [6.45, 7) is 4.66. The van der Waals surface area contributed by atoms with Crippen LogP contribution in [-0.2, 0) is 11.3 Å². The molecule has 0 saturated carbocycles. The first-order valence-electron chi connectivity index (χ1n) is 7.60. The zero-order valence-corrected chi connectivity index (χ0v) is 12.8. The summed E-state index contributed by atoms with van der Waals surface area (Å²) < 4.78 is 13.0. The third kappa shape index (κ3) is 2.51. The first-order chi connectivity index (χ1) is 10.1. The van der Waals surface area contributed by atoms with Crippen LogP contribution in [0.15, 0.2) is 27.4 Å². The maximum Gasteiger partial charge on any atom is 0.419 e. The molecule has 21 heavy (non-hydrogen) atoms. The van der Waals surface area contributed by atoms with Gasteiger partial charge in [-0.3, -0.25) is 4.57 Å².